The number of esters is 1. The van der Waals surface area contributed by atoms with E-state index in [4.69, 9.17) is 4.74 Å². The maximum Gasteiger partial charge on any atom is 0.338 e. The molecule has 1 unspecified atom stereocenters. The number of ether oxygens (including phenoxy) is 1. The van der Waals surface area contributed by atoms with Gasteiger partial charge in [0, 0.05) is 22.0 Å². The second kappa shape index (κ2) is 9.52. The molecule has 4 heterocycles. The first kappa shape index (κ1) is 24.2. The molecule has 36 heavy (non-hydrogen) atoms. The van der Waals surface area contributed by atoms with Gasteiger partial charge in [-0.05, 0) is 75.9 Å². The first-order valence-electron chi connectivity index (χ1n) is 11.8. The van der Waals surface area contributed by atoms with Gasteiger partial charge in [0.05, 0.1) is 22.4 Å². The van der Waals surface area contributed by atoms with E-state index in [1.54, 1.807) is 18.4 Å². The van der Waals surface area contributed by atoms with Crippen molar-refractivity contribution >= 4 is 34.7 Å². The van der Waals surface area contributed by atoms with Crippen molar-refractivity contribution in [1.29, 1.82) is 0 Å². The molecule has 0 spiro atoms. The van der Waals surface area contributed by atoms with Gasteiger partial charge in [0.1, 0.15) is 6.04 Å². The van der Waals surface area contributed by atoms with E-state index in [0.29, 0.717) is 20.6 Å². The molecule has 0 radical (unpaired) electrons. The monoisotopic (exact) mass is 517 g/mol. The van der Waals surface area contributed by atoms with Crippen LogP contribution in [-0.4, -0.2) is 21.7 Å². The second-order valence-electron chi connectivity index (χ2n) is 8.82. The molecule has 1 aliphatic rings. The van der Waals surface area contributed by atoms with Crippen molar-refractivity contribution in [3.05, 3.63) is 106 Å². The number of fused-ring (bicyclic) bond motifs is 1. The van der Waals surface area contributed by atoms with Crippen LogP contribution in [0.2, 0.25) is 0 Å². The summed E-state index contributed by atoms with van der Waals surface area (Å²) in [5.41, 5.74) is 6.25. The van der Waals surface area contributed by atoms with Crippen molar-refractivity contribution in [3.63, 3.8) is 0 Å². The molecule has 0 bridgehead atoms. The number of allylic oxidation sites excluding steroid dienone is 1. The molecule has 3 aromatic heterocycles. The number of thiazole rings is 1. The molecular weight excluding hydrogens is 490 g/mol. The third kappa shape index (κ3) is 4.10. The SMILES string of the molecule is CCOC(=O)C1=C(C)N=c2s/c(=C\c3cc(C)n(-c4ccc(C)cc4)c3C)c(=O)n2C1c1cccs1. The normalized spacial score (nSPS) is 15.7. The van der Waals surface area contributed by atoms with Gasteiger partial charge in [0.15, 0.2) is 4.80 Å². The largest absolute Gasteiger partial charge is 0.463 e. The van der Waals surface area contributed by atoms with Crippen LogP contribution in [0.5, 0.6) is 0 Å². The Morgan fingerprint density at radius 2 is 1.89 bits per heavy atom. The molecular formula is C28H27N3O3S2. The quantitative estimate of drug-likeness (QED) is 0.364. The predicted molar refractivity (Wildman–Crippen MR) is 145 cm³/mol. The van der Waals surface area contributed by atoms with Crippen molar-refractivity contribution < 1.29 is 9.53 Å². The highest BCUT2D eigenvalue weighted by atomic mass is 32.1. The average Bonchev–Trinajstić information content (AvgIpc) is 3.54. The Bertz CT molecular complexity index is 1670. The van der Waals surface area contributed by atoms with Crippen LogP contribution >= 0.6 is 22.7 Å². The lowest BCUT2D eigenvalue weighted by Gasteiger charge is -2.23. The Hall–Kier alpha value is -3.49. The van der Waals surface area contributed by atoms with Crippen molar-refractivity contribution in [2.24, 2.45) is 4.99 Å². The van der Waals surface area contributed by atoms with E-state index in [2.05, 4.69) is 60.7 Å². The highest BCUT2D eigenvalue weighted by molar-refractivity contribution is 7.10. The molecule has 0 aliphatic carbocycles. The molecule has 8 heteroatoms. The van der Waals surface area contributed by atoms with Crippen molar-refractivity contribution in [3.8, 4) is 5.69 Å². The summed E-state index contributed by atoms with van der Waals surface area (Å²) >= 11 is 2.86. The zero-order valence-electron chi connectivity index (χ0n) is 20.9. The first-order valence-corrected chi connectivity index (χ1v) is 13.5. The number of hydrogen-bond acceptors (Lipinski definition) is 6. The van der Waals surface area contributed by atoms with Gasteiger partial charge in [-0.25, -0.2) is 9.79 Å². The van der Waals surface area contributed by atoms with Gasteiger partial charge in [-0.3, -0.25) is 9.36 Å². The fourth-order valence-corrected chi connectivity index (χ4v) is 6.53. The van der Waals surface area contributed by atoms with Gasteiger partial charge in [0.25, 0.3) is 5.56 Å². The smallest absolute Gasteiger partial charge is 0.338 e. The summed E-state index contributed by atoms with van der Waals surface area (Å²) in [4.78, 5) is 32.8. The zero-order chi connectivity index (χ0) is 25.6. The van der Waals surface area contributed by atoms with E-state index in [-0.39, 0.29) is 12.2 Å². The van der Waals surface area contributed by atoms with Crippen molar-refractivity contribution in [2.45, 2.75) is 40.7 Å². The van der Waals surface area contributed by atoms with Crippen LogP contribution in [0.3, 0.4) is 0 Å². The summed E-state index contributed by atoms with van der Waals surface area (Å²) < 4.78 is 9.76. The van der Waals surface area contributed by atoms with Crippen LogP contribution in [0.1, 0.15) is 47.3 Å². The number of rotatable bonds is 5. The number of carbonyl (C=O) groups excluding carboxylic acids is 1. The van der Waals surface area contributed by atoms with Gasteiger partial charge in [-0.1, -0.05) is 35.1 Å². The van der Waals surface area contributed by atoms with Crippen molar-refractivity contribution in [1.82, 2.24) is 9.13 Å². The Morgan fingerprint density at radius 3 is 2.56 bits per heavy atom. The number of thiophene rings is 1. The Morgan fingerprint density at radius 1 is 1.14 bits per heavy atom. The summed E-state index contributed by atoms with van der Waals surface area (Å²) in [6.45, 7) is 10.0. The highest BCUT2D eigenvalue weighted by Crippen LogP contribution is 2.33. The van der Waals surface area contributed by atoms with Gasteiger partial charge in [0.2, 0.25) is 0 Å². The first-order chi connectivity index (χ1) is 17.3. The second-order valence-corrected chi connectivity index (χ2v) is 10.8. The Kier molecular flexibility index (Phi) is 6.40. The topological polar surface area (TPSA) is 65.6 Å². The molecule has 5 rings (SSSR count). The lowest BCUT2D eigenvalue weighted by atomic mass is 10.0. The van der Waals surface area contributed by atoms with E-state index >= 15 is 0 Å². The number of benzene rings is 1. The maximum absolute atomic E-state index is 13.8. The Balaban J connectivity index is 1.67. The molecule has 6 nitrogen and oxygen atoms in total. The summed E-state index contributed by atoms with van der Waals surface area (Å²) in [5.74, 6) is -0.437. The summed E-state index contributed by atoms with van der Waals surface area (Å²) in [6.07, 6.45) is 1.94. The zero-order valence-corrected chi connectivity index (χ0v) is 22.5. The molecule has 1 aromatic carbocycles. The van der Waals surface area contributed by atoms with Gasteiger partial charge >= 0.3 is 5.97 Å². The summed E-state index contributed by atoms with van der Waals surface area (Å²) in [7, 11) is 0. The minimum atomic E-state index is -0.553. The fourth-order valence-electron chi connectivity index (χ4n) is 4.67. The van der Waals surface area contributed by atoms with E-state index in [1.807, 2.05) is 23.6 Å². The van der Waals surface area contributed by atoms with E-state index in [9.17, 15) is 9.59 Å². The van der Waals surface area contributed by atoms with E-state index in [1.165, 1.54) is 28.2 Å². The van der Waals surface area contributed by atoms with Gasteiger partial charge < -0.3 is 9.30 Å². The number of hydrogen-bond donors (Lipinski definition) is 0. The number of carbonyl (C=O) groups is 1. The molecule has 1 atom stereocenters. The molecule has 184 valence electrons. The third-order valence-electron chi connectivity index (χ3n) is 6.38. The minimum absolute atomic E-state index is 0.161. The number of aromatic nitrogens is 2. The van der Waals surface area contributed by atoms with Crippen LogP contribution in [0, 0.1) is 20.8 Å². The van der Waals surface area contributed by atoms with Crippen molar-refractivity contribution in [2.75, 3.05) is 6.61 Å². The molecule has 4 aromatic rings. The lowest BCUT2D eigenvalue weighted by molar-refractivity contribution is -0.139. The molecule has 0 amide bonds. The minimum Gasteiger partial charge on any atom is -0.463 e. The van der Waals surface area contributed by atoms with Gasteiger partial charge in [-0.15, -0.1) is 11.3 Å². The predicted octanol–water partition coefficient (Wildman–Crippen LogP) is 4.58. The van der Waals surface area contributed by atoms with E-state index < -0.39 is 12.0 Å². The molecule has 0 fully saturated rings. The van der Waals surface area contributed by atoms with Gasteiger partial charge in [-0.2, -0.15) is 0 Å². The molecule has 0 saturated heterocycles. The lowest BCUT2D eigenvalue weighted by Crippen LogP contribution is -2.39. The molecule has 0 N–H and O–H groups in total. The van der Waals surface area contributed by atoms with E-state index in [0.717, 1.165) is 27.5 Å². The number of aryl methyl sites for hydroxylation is 2. The van der Waals surface area contributed by atoms with Crippen LogP contribution in [0.25, 0.3) is 11.8 Å². The average molecular weight is 518 g/mol. The third-order valence-corrected chi connectivity index (χ3v) is 8.29. The van der Waals surface area contributed by atoms with Crippen LogP contribution in [0.15, 0.2) is 68.9 Å². The number of nitrogens with zero attached hydrogens (tertiary/aromatic N) is 3. The van der Waals surface area contributed by atoms with Crippen LogP contribution < -0.4 is 14.9 Å². The fraction of sp³-hybridized carbons (Fsp3) is 0.250. The maximum atomic E-state index is 13.8. The summed E-state index contributed by atoms with van der Waals surface area (Å²) in [6, 6.07) is 13.8. The summed E-state index contributed by atoms with van der Waals surface area (Å²) in [5, 5.41) is 1.95. The van der Waals surface area contributed by atoms with Crippen LogP contribution in [-0.2, 0) is 9.53 Å². The highest BCUT2D eigenvalue weighted by Gasteiger charge is 2.33. The molecule has 1 aliphatic heterocycles. The Labute approximate surface area is 217 Å². The standard InChI is InChI=1S/C28H27N3O3S2/c1-6-34-27(33)24-18(4)29-28-31(25(24)22-8-7-13-35-22)26(32)23(36-28)15-20-14-17(3)30(19(20)5)21-11-9-16(2)10-12-21/h7-15,25H,6H2,1-5H3/b23-15-. The van der Waals surface area contributed by atoms with Crippen LogP contribution in [0.4, 0.5) is 0 Å². The molecule has 0 saturated carbocycles.